The van der Waals surface area contributed by atoms with Crippen LogP contribution in [0.5, 0.6) is 5.75 Å². The minimum Gasteiger partial charge on any atom is -0.492 e. The monoisotopic (exact) mass is 202 g/mol. The minimum absolute atomic E-state index is 0.644. The van der Waals surface area contributed by atoms with Gasteiger partial charge < -0.3 is 4.74 Å². The fraction of sp³-hybridized carbons (Fsp3) is 0.250. The molecule has 15 heavy (non-hydrogen) atoms. The average molecular weight is 202 g/mol. The van der Waals surface area contributed by atoms with Crippen molar-refractivity contribution in [3.05, 3.63) is 48.3 Å². The molecule has 0 N–H and O–H groups in total. The third-order valence-corrected chi connectivity index (χ3v) is 2.11. The van der Waals surface area contributed by atoms with E-state index in [1.54, 1.807) is 0 Å². The summed E-state index contributed by atoms with van der Waals surface area (Å²) in [6.07, 6.45) is 1.96. The van der Waals surface area contributed by atoms with Crippen molar-refractivity contribution in [2.24, 2.45) is 0 Å². The Morgan fingerprint density at radius 3 is 2.67 bits per heavy atom. The van der Waals surface area contributed by atoms with Gasteiger partial charge in [0.25, 0.3) is 0 Å². The Kier molecular flexibility index (Phi) is 3.02. The SMILES string of the molecule is Cc1ccn(CCOc2ccccc2)n1. The number of nitrogens with zero attached hydrogens (tertiary/aromatic N) is 2. The second kappa shape index (κ2) is 4.64. The molecule has 0 spiro atoms. The van der Waals surface area contributed by atoms with Crippen LogP contribution in [0.2, 0.25) is 0 Å². The number of benzene rings is 1. The smallest absolute Gasteiger partial charge is 0.119 e. The molecule has 0 aliphatic rings. The molecule has 0 aliphatic carbocycles. The molecule has 0 saturated heterocycles. The highest BCUT2D eigenvalue weighted by Gasteiger charge is 1.95. The molecule has 1 aromatic carbocycles. The van der Waals surface area contributed by atoms with E-state index < -0.39 is 0 Å². The fourth-order valence-electron chi connectivity index (χ4n) is 1.36. The van der Waals surface area contributed by atoms with E-state index in [4.69, 9.17) is 4.74 Å². The third kappa shape index (κ3) is 2.84. The molecule has 1 aromatic heterocycles. The van der Waals surface area contributed by atoms with Crippen molar-refractivity contribution in [1.29, 1.82) is 0 Å². The van der Waals surface area contributed by atoms with Gasteiger partial charge in [0.1, 0.15) is 12.4 Å². The molecule has 2 rings (SSSR count). The molecular weight excluding hydrogens is 188 g/mol. The quantitative estimate of drug-likeness (QED) is 0.760. The normalized spacial score (nSPS) is 10.2. The van der Waals surface area contributed by atoms with E-state index in [1.807, 2.05) is 54.2 Å². The van der Waals surface area contributed by atoms with Crippen LogP contribution in [-0.2, 0) is 6.54 Å². The molecule has 0 radical (unpaired) electrons. The van der Waals surface area contributed by atoms with E-state index in [0.717, 1.165) is 18.0 Å². The zero-order chi connectivity index (χ0) is 10.5. The molecule has 0 aliphatic heterocycles. The van der Waals surface area contributed by atoms with E-state index in [1.165, 1.54) is 0 Å². The van der Waals surface area contributed by atoms with Gasteiger partial charge in [-0.1, -0.05) is 18.2 Å². The van der Waals surface area contributed by atoms with Gasteiger partial charge in [0, 0.05) is 6.20 Å². The standard InChI is InChI=1S/C12H14N2O/c1-11-7-8-14(13-11)9-10-15-12-5-3-2-4-6-12/h2-8H,9-10H2,1H3. The maximum Gasteiger partial charge on any atom is 0.119 e. The van der Waals surface area contributed by atoms with Crippen LogP contribution in [0.25, 0.3) is 0 Å². The number of rotatable bonds is 4. The van der Waals surface area contributed by atoms with Crippen molar-refractivity contribution in [2.75, 3.05) is 6.61 Å². The summed E-state index contributed by atoms with van der Waals surface area (Å²) in [5, 5.41) is 4.28. The summed E-state index contributed by atoms with van der Waals surface area (Å²) in [6, 6.07) is 11.8. The lowest BCUT2D eigenvalue weighted by atomic mass is 10.3. The van der Waals surface area contributed by atoms with Gasteiger partial charge >= 0.3 is 0 Å². The maximum absolute atomic E-state index is 5.56. The summed E-state index contributed by atoms with van der Waals surface area (Å²) < 4.78 is 7.45. The van der Waals surface area contributed by atoms with Crippen LogP contribution in [-0.4, -0.2) is 16.4 Å². The second-order valence-electron chi connectivity index (χ2n) is 3.38. The van der Waals surface area contributed by atoms with Gasteiger partial charge in [-0.3, -0.25) is 4.68 Å². The summed E-state index contributed by atoms with van der Waals surface area (Å²) >= 11 is 0. The number of aryl methyl sites for hydroxylation is 1. The van der Waals surface area contributed by atoms with Gasteiger partial charge in [-0.2, -0.15) is 5.10 Å². The van der Waals surface area contributed by atoms with Gasteiger partial charge in [-0.15, -0.1) is 0 Å². The molecule has 0 unspecified atom stereocenters. The molecule has 3 nitrogen and oxygen atoms in total. The first-order chi connectivity index (χ1) is 7.34. The first kappa shape index (κ1) is 9.77. The van der Waals surface area contributed by atoms with Gasteiger partial charge in [0.15, 0.2) is 0 Å². The summed E-state index contributed by atoms with van der Waals surface area (Å²) in [5.41, 5.74) is 1.04. The fourth-order valence-corrected chi connectivity index (χ4v) is 1.36. The Labute approximate surface area is 89.3 Å². The van der Waals surface area contributed by atoms with Crippen molar-refractivity contribution in [2.45, 2.75) is 13.5 Å². The van der Waals surface area contributed by atoms with Crippen molar-refractivity contribution in [3.63, 3.8) is 0 Å². The molecule has 0 fully saturated rings. The Balaban J connectivity index is 1.80. The summed E-state index contributed by atoms with van der Waals surface area (Å²) in [5.74, 6) is 0.904. The molecule has 78 valence electrons. The Morgan fingerprint density at radius 1 is 1.20 bits per heavy atom. The Morgan fingerprint density at radius 2 is 2.00 bits per heavy atom. The van der Waals surface area contributed by atoms with Crippen molar-refractivity contribution >= 4 is 0 Å². The number of para-hydroxylation sites is 1. The second-order valence-corrected chi connectivity index (χ2v) is 3.38. The topological polar surface area (TPSA) is 27.1 Å². The van der Waals surface area contributed by atoms with E-state index in [2.05, 4.69) is 5.10 Å². The van der Waals surface area contributed by atoms with E-state index in [0.29, 0.717) is 6.61 Å². The van der Waals surface area contributed by atoms with E-state index in [9.17, 15) is 0 Å². The van der Waals surface area contributed by atoms with Gasteiger partial charge in [0.2, 0.25) is 0 Å². The number of ether oxygens (including phenoxy) is 1. The Bertz CT molecular complexity index is 409. The first-order valence-corrected chi connectivity index (χ1v) is 5.02. The molecular formula is C12H14N2O. The van der Waals surface area contributed by atoms with Gasteiger partial charge in [0.05, 0.1) is 12.2 Å². The summed E-state index contributed by atoms with van der Waals surface area (Å²) in [6.45, 7) is 3.41. The maximum atomic E-state index is 5.56. The van der Waals surface area contributed by atoms with E-state index in [-0.39, 0.29) is 0 Å². The lowest BCUT2D eigenvalue weighted by Gasteiger charge is -2.05. The highest BCUT2D eigenvalue weighted by atomic mass is 16.5. The van der Waals surface area contributed by atoms with Crippen LogP contribution in [0, 0.1) is 6.92 Å². The molecule has 3 heteroatoms. The largest absolute Gasteiger partial charge is 0.492 e. The molecule has 0 saturated carbocycles. The number of aromatic nitrogens is 2. The first-order valence-electron chi connectivity index (χ1n) is 5.02. The number of hydrogen-bond donors (Lipinski definition) is 0. The molecule has 0 bridgehead atoms. The van der Waals surface area contributed by atoms with Crippen LogP contribution >= 0.6 is 0 Å². The highest BCUT2D eigenvalue weighted by Crippen LogP contribution is 2.07. The number of hydrogen-bond acceptors (Lipinski definition) is 2. The van der Waals surface area contributed by atoms with Crippen molar-refractivity contribution < 1.29 is 4.74 Å². The van der Waals surface area contributed by atoms with Crippen LogP contribution in [0.4, 0.5) is 0 Å². The van der Waals surface area contributed by atoms with Crippen molar-refractivity contribution in [3.8, 4) is 5.75 Å². The molecule has 1 heterocycles. The zero-order valence-electron chi connectivity index (χ0n) is 8.76. The summed E-state index contributed by atoms with van der Waals surface area (Å²) in [7, 11) is 0. The van der Waals surface area contributed by atoms with E-state index >= 15 is 0 Å². The zero-order valence-corrected chi connectivity index (χ0v) is 8.76. The average Bonchev–Trinajstić information content (AvgIpc) is 2.66. The molecule has 0 atom stereocenters. The van der Waals surface area contributed by atoms with Crippen LogP contribution in [0.1, 0.15) is 5.69 Å². The highest BCUT2D eigenvalue weighted by molar-refractivity contribution is 5.20. The summed E-state index contributed by atoms with van der Waals surface area (Å²) in [4.78, 5) is 0. The van der Waals surface area contributed by atoms with Crippen LogP contribution in [0.15, 0.2) is 42.6 Å². The Hall–Kier alpha value is -1.77. The lowest BCUT2D eigenvalue weighted by Crippen LogP contribution is -2.08. The molecule has 0 amide bonds. The molecule has 2 aromatic rings. The minimum atomic E-state index is 0.644. The van der Waals surface area contributed by atoms with Crippen LogP contribution < -0.4 is 4.74 Å². The third-order valence-electron chi connectivity index (χ3n) is 2.11. The van der Waals surface area contributed by atoms with Gasteiger partial charge in [-0.05, 0) is 25.1 Å². The van der Waals surface area contributed by atoms with Crippen molar-refractivity contribution in [1.82, 2.24) is 9.78 Å². The van der Waals surface area contributed by atoms with Crippen LogP contribution in [0.3, 0.4) is 0 Å². The predicted molar refractivity (Wildman–Crippen MR) is 58.9 cm³/mol. The lowest BCUT2D eigenvalue weighted by molar-refractivity contribution is 0.291. The predicted octanol–water partition coefficient (Wildman–Crippen LogP) is 2.27. The van der Waals surface area contributed by atoms with Gasteiger partial charge in [-0.25, -0.2) is 0 Å².